The lowest BCUT2D eigenvalue weighted by atomic mass is 9.82. The van der Waals surface area contributed by atoms with Crippen LogP contribution in [0.2, 0.25) is 0 Å². The number of rotatable bonds is 6. The first-order valence-corrected chi connectivity index (χ1v) is 6.28. The zero-order valence-corrected chi connectivity index (χ0v) is 12.6. The van der Waals surface area contributed by atoms with Crippen LogP contribution >= 0.6 is 0 Å². The van der Waals surface area contributed by atoms with Crippen LogP contribution in [-0.2, 0) is 4.65 Å². The quantitative estimate of drug-likeness (QED) is 0.787. The van der Waals surface area contributed by atoms with Gasteiger partial charge in [0.25, 0.3) is 0 Å². The fraction of sp³-hybridized carbons (Fsp3) is 0.571. The first kappa shape index (κ1) is 15.9. The zero-order chi connectivity index (χ0) is 14.7. The van der Waals surface area contributed by atoms with E-state index in [1.807, 2.05) is 32.0 Å². The minimum Gasteiger partial charge on any atom is -0.497 e. The van der Waals surface area contributed by atoms with E-state index >= 15 is 0 Å². The van der Waals surface area contributed by atoms with Crippen molar-refractivity contribution in [1.82, 2.24) is 0 Å². The van der Waals surface area contributed by atoms with E-state index in [0.717, 1.165) is 17.0 Å². The maximum absolute atomic E-state index is 10.1. The molecule has 0 bridgehead atoms. The Kier molecular flexibility index (Phi) is 4.88. The predicted molar refractivity (Wildman–Crippen MR) is 77.8 cm³/mol. The summed E-state index contributed by atoms with van der Waals surface area (Å²) in [5, 5.41) is 10.1. The maximum atomic E-state index is 10.1. The largest absolute Gasteiger partial charge is 0.497 e. The maximum Gasteiger partial charge on any atom is 0.309 e. The van der Waals surface area contributed by atoms with Gasteiger partial charge in [-0.2, -0.15) is 0 Å². The highest BCUT2D eigenvalue weighted by atomic mass is 16.5. The third-order valence-corrected chi connectivity index (χ3v) is 3.48. The van der Waals surface area contributed by atoms with Crippen LogP contribution in [0.1, 0.15) is 27.7 Å². The van der Waals surface area contributed by atoms with Gasteiger partial charge in [-0.05, 0) is 45.3 Å². The molecule has 0 atom stereocenters. The predicted octanol–water partition coefficient (Wildman–Crippen LogP) is 1.25. The molecule has 5 heteroatoms. The highest BCUT2D eigenvalue weighted by Gasteiger charge is 2.35. The van der Waals surface area contributed by atoms with Crippen LogP contribution in [0.25, 0.3) is 0 Å². The molecule has 0 aliphatic rings. The fourth-order valence-corrected chi connectivity index (χ4v) is 1.39. The molecule has 1 aromatic rings. The summed E-state index contributed by atoms with van der Waals surface area (Å²) in [5.41, 5.74) is -0.632. The third kappa shape index (κ3) is 4.15. The molecule has 0 amide bonds. The summed E-state index contributed by atoms with van der Waals surface area (Å²) in [6, 6.07) is 5.59. The van der Waals surface area contributed by atoms with Gasteiger partial charge in [0.15, 0.2) is 0 Å². The number of hydrogen-bond donors (Lipinski definition) is 1. The average molecular weight is 266 g/mol. The second-order valence-corrected chi connectivity index (χ2v) is 5.58. The van der Waals surface area contributed by atoms with Crippen LogP contribution in [0.3, 0.4) is 0 Å². The SMILES string of the molecule is COc1cc(BOC(C)(C)C(C)(C)O)cc(OC)c1. The Labute approximate surface area is 116 Å². The minimum atomic E-state index is -0.921. The van der Waals surface area contributed by atoms with Gasteiger partial charge in [-0.15, -0.1) is 0 Å². The molecule has 0 radical (unpaired) electrons. The third-order valence-electron chi connectivity index (χ3n) is 3.48. The Balaban J connectivity index is 2.83. The van der Waals surface area contributed by atoms with Gasteiger partial charge in [-0.25, -0.2) is 0 Å². The number of ether oxygens (including phenoxy) is 2. The molecule has 1 aromatic carbocycles. The van der Waals surface area contributed by atoms with E-state index in [-0.39, 0.29) is 0 Å². The highest BCUT2D eigenvalue weighted by molar-refractivity contribution is 6.47. The van der Waals surface area contributed by atoms with Crippen molar-refractivity contribution in [2.75, 3.05) is 14.2 Å². The molecule has 106 valence electrons. The first-order valence-electron chi connectivity index (χ1n) is 6.28. The van der Waals surface area contributed by atoms with Crippen LogP contribution in [0, 0.1) is 0 Å². The van der Waals surface area contributed by atoms with Crippen molar-refractivity contribution < 1.29 is 19.2 Å². The van der Waals surface area contributed by atoms with Crippen molar-refractivity contribution in [3.63, 3.8) is 0 Å². The molecule has 4 nitrogen and oxygen atoms in total. The van der Waals surface area contributed by atoms with Gasteiger partial charge in [0.1, 0.15) is 11.5 Å². The van der Waals surface area contributed by atoms with Crippen LogP contribution in [0.4, 0.5) is 0 Å². The lowest BCUT2D eigenvalue weighted by Gasteiger charge is -2.37. The molecule has 19 heavy (non-hydrogen) atoms. The van der Waals surface area contributed by atoms with Crippen LogP contribution in [-0.4, -0.2) is 38.0 Å². The Bertz CT molecular complexity index is 402. The van der Waals surface area contributed by atoms with E-state index in [4.69, 9.17) is 14.1 Å². The monoisotopic (exact) mass is 266 g/mol. The molecular weight excluding hydrogens is 243 g/mol. The van der Waals surface area contributed by atoms with E-state index in [0.29, 0.717) is 7.48 Å². The van der Waals surface area contributed by atoms with Crippen molar-refractivity contribution in [1.29, 1.82) is 0 Å². The van der Waals surface area contributed by atoms with E-state index in [1.54, 1.807) is 28.1 Å². The van der Waals surface area contributed by atoms with E-state index in [2.05, 4.69) is 0 Å². The summed E-state index contributed by atoms with van der Waals surface area (Å²) in [6.45, 7) is 7.20. The molecule has 0 spiro atoms. The Hall–Kier alpha value is -1.20. The second kappa shape index (κ2) is 5.84. The number of aliphatic hydroxyl groups is 1. The lowest BCUT2D eigenvalue weighted by Crippen LogP contribution is -2.49. The van der Waals surface area contributed by atoms with Crippen molar-refractivity contribution >= 4 is 12.9 Å². The molecule has 0 aliphatic carbocycles. The van der Waals surface area contributed by atoms with Gasteiger partial charge in [0.2, 0.25) is 0 Å². The molecule has 0 fully saturated rings. The Morgan fingerprint density at radius 3 is 1.79 bits per heavy atom. The van der Waals surface area contributed by atoms with Gasteiger partial charge in [-0.1, -0.05) is 0 Å². The lowest BCUT2D eigenvalue weighted by molar-refractivity contribution is -0.0893. The normalized spacial score (nSPS) is 12.2. The molecule has 0 unspecified atom stereocenters. The summed E-state index contributed by atoms with van der Waals surface area (Å²) in [7, 11) is 3.60. The van der Waals surface area contributed by atoms with Crippen LogP contribution in [0.15, 0.2) is 18.2 Å². The molecule has 1 rings (SSSR count). The second-order valence-electron chi connectivity index (χ2n) is 5.58. The Morgan fingerprint density at radius 1 is 0.947 bits per heavy atom. The summed E-state index contributed by atoms with van der Waals surface area (Å²) in [6.07, 6.45) is 0. The standard InChI is InChI=1S/C14H23BO4/c1-13(2,16)14(3,4)19-15-10-7-11(17-5)9-12(8-10)18-6/h7-9,15-16H,1-6H3. The minimum absolute atomic E-state index is 0.380. The van der Waals surface area contributed by atoms with Crippen molar-refractivity contribution in [2.24, 2.45) is 0 Å². The van der Waals surface area contributed by atoms with Gasteiger partial charge in [0.05, 0.1) is 25.4 Å². The van der Waals surface area contributed by atoms with Crippen molar-refractivity contribution in [2.45, 2.75) is 38.9 Å². The highest BCUT2D eigenvalue weighted by Crippen LogP contribution is 2.24. The number of benzene rings is 1. The van der Waals surface area contributed by atoms with Crippen molar-refractivity contribution in [3.8, 4) is 11.5 Å². The van der Waals surface area contributed by atoms with Gasteiger partial charge in [-0.3, -0.25) is 0 Å². The molecule has 0 heterocycles. The number of methoxy groups -OCH3 is 2. The van der Waals surface area contributed by atoms with Gasteiger partial charge < -0.3 is 19.2 Å². The van der Waals surface area contributed by atoms with Crippen LogP contribution in [0.5, 0.6) is 11.5 Å². The Morgan fingerprint density at radius 2 is 1.42 bits per heavy atom. The van der Waals surface area contributed by atoms with Gasteiger partial charge >= 0.3 is 7.48 Å². The molecule has 0 aromatic heterocycles. The molecule has 0 aliphatic heterocycles. The molecule has 0 saturated heterocycles. The topological polar surface area (TPSA) is 47.9 Å². The molecule has 1 N–H and O–H groups in total. The summed E-state index contributed by atoms with van der Waals surface area (Å²) in [5.74, 6) is 1.44. The summed E-state index contributed by atoms with van der Waals surface area (Å²) < 4.78 is 16.2. The van der Waals surface area contributed by atoms with E-state index in [1.165, 1.54) is 0 Å². The smallest absolute Gasteiger partial charge is 0.309 e. The van der Waals surface area contributed by atoms with E-state index in [9.17, 15) is 5.11 Å². The summed E-state index contributed by atoms with van der Waals surface area (Å²) in [4.78, 5) is 0. The average Bonchev–Trinajstić information content (AvgIpc) is 2.34. The fourth-order valence-electron chi connectivity index (χ4n) is 1.39. The van der Waals surface area contributed by atoms with Crippen molar-refractivity contribution in [3.05, 3.63) is 18.2 Å². The summed E-state index contributed by atoms with van der Waals surface area (Å²) >= 11 is 0. The van der Waals surface area contributed by atoms with E-state index < -0.39 is 11.2 Å². The number of hydrogen-bond acceptors (Lipinski definition) is 4. The first-order chi connectivity index (χ1) is 8.69. The van der Waals surface area contributed by atoms with Crippen LogP contribution < -0.4 is 14.9 Å². The molecular formula is C14H23BO4. The zero-order valence-electron chi connectivity index (χ0n) is 12.6. The molecule has 0 saturated carbocycles. The van der Waals surface area contributed by atoms with Gasteiger partial charge in [0, 0.05) is 6.07 Å².